The molecule has 136 valence electrons. The summed E-state index contributed by atoms with van der Waals surface area (Å²) in [6.45, 7) is 2.51. The maximum atomic E-state index is 11.5. The van der Waals surface area contributed by atoms with Gasteiger partial charge in [-0.15, -0.1) is 0 Å². The van der Waals surface area contributed by atoms with Crippen LogP contribution >= 0.6 is 0 Å². The minimum atomic E-state index is -0.580. The van der Waals surface area contributed by atoms with E-state index in [0.29, 0.717) is 25.7 Å². The maximum absolute atomic E-state index is 11.5. The Hall–Kier alpha value is -2.12. The van der Waals surface area contributed by atoms with Crippen molar-refractivity contribution in [3.8, 4) is 0 Å². The van der Waals surface area contributed by atoms with Crippen molar-refractivity contribution < 1.29 is 38.1 Å². The Morgan fingerprint density at radius 3 is 1.29 bits per heavy atom. The monoisotopic (exact) mass is 344 g/mol. The summed E-state index contributed by atoms with van der Waals surface area (Å²) < 4.78 is 19.8. The number of carbonyl (C=O) groups is 4. The molecule has 1 fully saturated rings. The minimum absolute atomic E-state index is 0.206. The van der Waals surface area contributed by atoms with Gasteiger partial charge in [0.05, 0.1) is 0 Å². The largest absolute Gasteiger partial charge is 0.460 e. The summed E-state index contributed by atoms with van der Waals surface area (Å²) in [6, 6.07) is 0. The van der Waals surface area contributed by atoms with Gasteiger partial charge in [-0.05, 0) is 25.7 Å². The van der Waals surface area contributed by atoms with Gasteiger partial charge in [0.2, 0.25) is 0 Å². The fourth-order valence-corrected chi connectivity index (χ4v) is 2.19. The highest BCUT2D eigenvalue weighted by Crippen LogP contribution is 2.23. The lowest BCUT2D eigenvalue weighted by molar-refractivity contribution is -0.168. The van der Waals surface area contributed by atoms with E-state index in [4.69, 9.17) is 18.9 Å². The molecule has 1 saturated carbocycles. The van der Waals surface area contributed by atoms with Crippen LogP contribution in [0, 0.1) is 0 Å². The predicted molar refractivity (Wildman–Crippen MR) is 80.7 cm³/mol. The third kappa shape index (κ3) is 7.94. The Morgan fingerprint density at radius 2 is 1.00 bits per heavy atom. The Labute approximate surface area is 140 Å². The van der Waals surface area contributed by atoms with Crippen LogP contribution in [0.2, 0.25) is 0 Å². The molecule has 0 spiro atoms. The van der Waals surface area contributed by atoms with Crippen molar-refractivity contribution in [3.63, 3.8) is 0 Å². The predicted octanol–water partition coefficient (Wildman–Crippen LogP) is 1.29. The topological polar surface area (TPSA) is 105 Å². The van der Waals surface area contributed by atoms with Crippen LogP contribution in [-0.4, -0.2) is 49.3 Å². The quantitative estimate of drug-likeness (QED) is 0.479. The number of rotatable bonds is 8. The third-order valence-corrected chi connectivity index (χ3v) is 3.50. The Balaban J connectivity index is 2.19. The van der Waals surface area contributed by atoms with Gasteiger partial charge in [-0.25, -0.2) is 9.59 Å². The van der Waals surface area contributed by atoms with E-state index in [-0.39, 0.29) is 38.3 Å². The van der Waals surface area contributed by atoms with Gasteiger partial charge in [0.1, 0.15) is 12.2 Å². The molecule has 1 aliphatic rings. The van der Waals surface area contributed by atoms with Crippen LogP contribution in [0.25, 0.3) is 0 Å². The van der Waals surface area contributed by atoms with E-state index in [9.17, 15) is 19.2 Å². The summed E-state index contributed by atoms with van der Waals surface area (Å²) in [6.07, 6.45) is 2.09. The first-order chi connectivity index (χ1) is 11.4. The van der Waals surface area contributed by atoms with E-state index < -0.39 is 23.9 Å². The van der Waals surface area contributed by atoms with Crippen LogP contribution < -0.4 is 0 Å². The second kappa shape index (κ2) is 10.6. The molecule has 1 aliphatic carbocycles. The van der Waals surface area contributed by atoms with Crippen LogP contribution in [-0.2, 0) is 38.1 Å². The molecule has 0 aromatic carbocycles. The molecule has 8 nitrogen and oxygen atoms in total. The standard InChI is InChI=1S/C16H24O8/c1-3-13(17)21-9-15(19)23-11-5-7-12(8-6-11)24-16(20)10-22-14(18)4-2/h11-12H,3-10H2,1-2H3. The van der Waals surface area contributed by atoms with E-state index in [1.54, 1.807) is 13.8 Å². The SMILES string of the molecule is CCC(=O)OCC(=O)OC1CCC(OC(=O)COC(=O)CC)CC1. The van der Waals surface area contributed by atoms with Crippen LogP contribution in [0.15, 0.2) is 0 Å². The molecule has 0 bridgehead atoms. The first-order valence-electron chi connectivity index (χ1n) is 8.14. The average Bonchev–Trinajstić information content (AvgIpc) is 2.59. The molecule has 0 aromatic heterocycles. The van der Waals surface area contributed by atoms with Crippen LogP contribution in [0.1, 0.15) is 52.4 Å². The molecule has 0 aliphatic heterocycles. The summed E-state index contributed by atoms with van der Waals surface area (Å²) >= 11 is 0. The maximum Gasteiger partial charge on any atom is 0.344 e. The van der Waals surface area contributed by atoms with Crippen molar-refractivity contribution >= 4 is 23.9 Å². The van der Waals surface area contributed by atoms with Crippen LogP contribution in [0.5, 0.6) is 0 Å². The van der Waals surface area contributed by atoms with Crippen LogP contribution in [0.4, 0.5) is 0 Å². The van der Waals surface area contributed by atoms with E-state index in [2.05, 4.69) is 0 Å². The molecule has 0 aromatic rings. The van der Waals surface area contributed by atoms with Gasteiger partial charge in [-0.2, -0.15) is 0 Å². The summed E-state index contributed by atoms with van der Waals surface area (Å²) in [4.78, 5) is 45.0. The zero-order chi connectivity index (χ0) is 17.9. The van der Waals surface area contributed by atoms with Gasteiger partial charge < -0.3 is 18.9 Å². The summed E-state index contributed by atoms with van der Waals surface area (Å²) in [5.74, 6) is -2.06. The van der Waals surface area contributed by atoms with E-state index in [1.807, 2.05) is 0 Å². The fraction of sp³-hybridized carbons (Fsp3) is 0.750. The molecule has 0 atom stereocenters. The normalized spacial score (nSPS) is 19.9. The van der Waals surface area contributed by atoms with Gasteiger partial charge in [-0.3, -0.25) is 9.59 Å². The van der Waals surface area contributed by atoms with Gasteiger partial charge in [0, 0.05) is 12.8 Å². The van der Waals surface area contributed by atoms with E-state index in [1.165, 1.54) is 0 Å². The average molecular weight is 344 g/mol. The number of hydrogen-bond acceptors (Lipinski definition) is 8. The number of carbonyl (C=O) groups excluding carboxylic acids is 4. The van der Waals surface area contributed by atoms with Crippen molar-refractivity contribution in [1.82, 2.24) is 0 Å². The van der Waals surface area contributed by atoms with Gasteiger partial charge >= 0.3 is 23.9 Å². The van der Waals surface area contributed by atoms with Gasteiger partial charge in [-0.1, -0.05) is 13.8 Å². The lowest BCUT2D eigenvalue weighted by Gasteiger charge is -2.28. The van der Waals surface area contributed by atoms with Crippen molar-refractivity contribution in [3.05, 3.63) is 0 Å². The van der Waals surface area contributed by atoms with Crippen molar-refractivity contribution in [2.75, 3.05) is 13.2 Å². The summed E-state index contributed by atoms with van der Waals surface area (Å²) in [7, 11) is 0. The van der Waals surface area contributed by atoms with Crippen molar-refractivity contribution in [1.29, 1.82) is 0 Å². The smallest absolute Gasteiger partial charge is 0.344 e. The zero-order valence-corrected chi connectivity index (χ0v) is 14.1. The highest BCUT2D eigenvalue weighted by molar-refractivity contribution is 5.76. The Kier molecular flexibility index (Phi) is 8.81. The Bertz CT molecular complexity index is 409. The van der Waals surface area contributed by atoms with Gasteiger partial charge in [0.25, 0.3) is 0 Å². The summed E-state index contributed by atoms with van der Waals surface area (Å²) in [5, 5.41) is 0. The third-order valence-electron chi connectivity index (χ3n) is 3.50. The van der Waals surface area contributed by atoms with Crippen molar-refractivity contribution in [2.24, 2.45) is 0 Å². The first-order valence-corrected chi connectivity index (χ1v) is 8.14. The van der Waals surface area contributed by atoms with E-state index >= 15 is 0 Å². The lowest BCUT2D eigenvalue weighted by atomic mass is 9.95. The van der Waals surface area contributed by atoms with Gasteiger partial charge in [0.15, 0.2) is 13.2 Å². The number of ether oxygens (including phenoxy) is 4. The molecule has 0 amide bonds. The number of esters is 4. The molecule has 0 N–H and O–H groups in total. The molecule has 0 heterocycles. The first kappa shape index (κ1) is 19.9. The van der Waals surface area contributed by atoms with E-state index in [0.717, 1.165) is 0 Å². The lowest BCUT2D eigenvalue weighted by Crippen LogP contribution is -2.31. The fourth-order valence-electron chi connectivity index (χ4n) is 2.19. The zero-order valence-electron chi connectivity index (χ0n) is 14.1. The number of hydrogen-bond donors (Lipinski definition) is 0. The molecule has 1 rings (SSSR count). The second-order valence-electron chi connectivity index (χ2n) is 5.41. The van der Waals surface area contributed by atoms with Crippen LogP contribution in [0.3, 0.4) is 0 Å². The molecular weight excluding hydrogens is 320 g/mol. The molecular formula is C16H24O8. The highest BCUT2D eigenvalue weighted by Gasteiger charge is 2.26. The molecule has 0 saturated heterocycles. The van der Waals surface area contributed by atoms with Crippen molar-refractivity contribution in [2.45, 2.75) is 64.6 Å². The molecule has 8 heteroatoms. The minimum Gasteiger partial charge on any atom is -0.460 e. The summed E-state index contributed by atoms with van der Waals surface area (Å²) in [5.41, 5.74) is 0. The molecule has 24 heavy (non-hydrogen) atoms. The molecule has 0 radical (unpaired) electrons. The Morgan fingerprint density at radius 1 is 0.667 bits per heavy atom. The molecule has 0 unspecified atom stereocenters. The highest BCUT2D eigenvalue weighted by atomic mass is 16.6. The second-order valence-corrected chi connectivity index (χ2v) is 5.41.